The molecule has 0 saturated carbocycles. The van der Waals surface area contributed by atoms with Gasteiger partial charge in [-0.3, -0.25) is 9.11 Å². The molecule has 13 nitrogen and oxygen atoms in total. The fourth-order valence-corrected chi connectivity index (χ4v) is 15.5. The maximum Gasteiger partial charge on any atom is 0.296 e. The predicted octanol–water partition coefficient (Wildman–Crippen LogP) is 13.0. The van der Waals surface area contributed by atoms with Crippen molar-refractivity contribution in [3.63, 3.8) is 0 Å². The molecule has 12 rings (SSSR count). The molecule has 342 valence electrons. The van der Waals surface area contributed by atoms with Crippen LogP contribution >= 0.6 is 56.7 Å². The Morgan fingerprint density at radius 1 is 0.377 bits per heavy atom. The maximum absolute atomic E-state index is 12.0. The third kappa shape index (κ3) is 8.64. The van der Waals surface area contributed by atoms with Crippen molar-refractivity contribution in [3.8, 4) is 52.9 Å². The Hall–Kier alpha value is -6.59. The molecule has 20 heteroatoms. The molecular weight excluding hydrogens is 1010 g/mol. The van der Waals surface area contributed by atoms with E-state index in [2.05, 4.69) is 16.0 Å². The summed E-state index contributed by atoms with van der Waals surface area (Å²) in [6.45, 7) is 3.32. The normalized spacial score (nSPS) is 12.1. The summed E-state index contributed by atoms with van der Waals surface area (Å²) < 4.78 is 71.2. The Morgan fingerprint density at radius 3 is 0.986 bits per heavy atom. The van der Waals surface area contributed by atoms with Gasteiger partial charge >= 0.3 is 0 Å². The highest BCUT2D eigenvalue weighted by Gasteiger charge is 2.23. The summed E-state index contributed by atoms with van der Waals surface area (Å²) in [5.41, 5.74) is 22.6. The average molecular weight is 1040 g/mol. The minimum Gasteiger partial charge on any atom is -0.399 e. The van der Waals surface area contributed by atoms with Crippen LogP contribution in [0.4, 0.5) is 11.4 Å². The molecule has 69 heavy (non-hydrogen) atoms. The molecule has 5 heterocycles. The van der Waals surface area contributed by atoms with E-state index in [1.54, 1.807) is 72.1 Å². The van der Waals surface area contributed by atoms with Gasteiger partial charge in [0.05, 0.1) is 51.1 Å². The summed E-state index contributed by atoms with van der Waals surface area (Å²) in [4.78, 5) is 23.4. The van der Waals surface area contributed by atoms with Gasteiger partial charge in [0.15, 0.2) is 0 Å². The van der Waals surface area contributed by atoms with E-state index in [0.29, 0.717) is 47.3 Å². The van der Waals surface area contributed by atoms with Crippen LogP contribution in [0, 0.1) is 13.8 Å². The number of aromatic nitrogens is 5. The third-order valence-electron chi connectivity index (χ3n) is 11.2. The quantitative estimate of drug-likeness (QED) is 0.0862. The first-order valence-corrected chi connectivity index (χ1v) is 27.7. The second-order valence-electron chi connectivity index (χ2n) is 16.0. The van der Waals surface area contributed by atoms with Crippen LogP contribution in [0.3, 0.4) is 0 Å². The number of nitrogen functional groups attached to an aromatic ring is 2. The van der Waals surface area contributed by atoms with Gasteiger partial charge in [0.2, 0.25) is 0 Å². The van der Waals surface area contributed by atoms with Gasteiger partial charge < -0.3 is 11.5 Å². The predicted molar refractivity (Wildman–Crippen MR) is 284 cm³/mol. The summed E-state index contributed by atoms with van der Waals surface area (Å²) in [7, 11) is -8.71. The van der Waals surface area contributed by atoms with Crippen LogP contribution < -0.4 is 11.5 Å². The molecule has 0 aliphatic carbocycles. The van der Waals surface area contributed by atoms with E-state index in [9.17, 15) is 25.9 Å². The van der Waals surface area contributed by atoms with Gasteiger partial charge in [-0.2, -0.15) is 16.8 Å². The topological polar surface area (TPSA) is 225 Å². The van der Waals surface area contributed by atoms with Crippen molar-refractivity contribution < 1.29 is 25.9 Å². The zero-order valence-electron chi connectivity index (χ0n) is 35.9. The molecule has 0 bridgehead atoms. The first-order chi connectivity index (χ1) is 33.0. The molecule has 0 radical (unpaired) electrons. The number of nitrogens with zero attached hydrogens (tertiary/aromatic N) is 5. The smallest absolute Gasteiger partial charge is 0.296 e. The lowest BCUT2D eigenvalue weighted by Crippen LogP contribution is -2.00. The van der Waals surface area contributed by atoms with Crippen molar-refractivity contribution in [1.82, 2.24) is 24.9 Å². The van der Waals surface area contributed by atoms with Crippen molar-refractivity contribution in [2.45, 2.75) is 23.6 Å². The van der Waals surface area contributed by atoms with E-state index < -0.39 is 20.2 Å². The second-order valence-corrected chi connectivity index (χ2v) is 23.8. The monoisotopic (exact) mass is 1040 g/mol. The number of fused-ring (bicyclic) bond motifs is 5. The highest BCUT2D eigenvalue weighted by molar-refractivity contribution is 7.86. The summed E-state index contributed by atoms with van der Waals surface area (Å²) in [6.07, 6.45) is 0. The fourth-order valence-electron chi connectivity index (χ4n) is 7.82. The molecule has 5 aromatic heterocycles. The average Bonchev–Trinajstić information content (AvgIpc) is 4.17. The van der Waals surface area contributed by atoms with Crippen molar-refractivity contribution in [3.05, 3.63) is 139 Å². The number of rotatable bonds is 7. The fraction of sp³-hybridized carbons (Fsp3) is 0.0408. The summed E-state index contributed by atoms with van der Waals surface area (Å²) in [5.74, 6) is 0. The maximum atomic E-state index is 12.0. The molecule has 6 N–H and O–H groups in total. The standard InChI is InChI=1S/C28H18N4O3S4.C21H15N3O3S3/c1-14-2-9-21-24(25(14)39(33,34)35)38-28(32-21)17-6-11-20-23(13-17)37-27(31-20)16-5-10-19-22(12-16)36-26(30-19)15-3-7-18(29)8-4-15;1-11-2-8-16-18(19(11)30(25,26)27)29-21(24-16)13-5-9-15-17(10-13)28-20(23-15)12-3-6-14(22)7-4-12/h2-13H,29H2,1H3,(H,33,34,35);2-10H,22H2,1H3,(H,25,26,27). The number of anilines is 2. The SMILES string of the molecule is Cc1ccc2nc(-c3ccc4nc(-c5ccc(N)cc5)sc4c3)sc2c1S(=O)(=O)O.Cc1ccc2nc(-c3ccc4nc(-c5ccc6nc(-c7ccc(N)cc7)sc6c5)sc4c3)sc2c1S(=O)(=O)O. The number of thiazole rings is 5. The summed E-state index contributed by atoms with van der Waals surface area (Å²) in [5, 5.41) is 4.11. The van der Waals surface area contributed by atoms with Crippen molar-refractivity contribution in [1.29, 1.82) is 0 Å². The number of benzene rings is 7. The van der Waals surface area contributed by atoms with E-state index in [4.69, 9.17) is 26.4 Å². The van der Waals surface area contributed by atoms with Gasteiger partial charge in [-0.1, -0.05) is 12.1 Å². The minimum absolute atomic E-state index is 0.0757. The molecule has 0 atom stereocenters. The highest BCUT2D eigenvalue weighted by Crippen LogP contribution is 2.41. The van der Waals surface area contributed by atoms with Gasteiger partial charge in [-0.15, -0.1) is 56.7 Å². The first-order valence-electron chi connectivity index (χ1n) is 20.7. The molecule has 0 unspecified atom stereocenters. The Balaban J connectivity index is 0.000000156. The third-order valence-corrected chi connectivity index (χ3v) is 19.0. The summed E-state index contributed by atoms with van der Waals surface area (Å²) >= 11 is 7.30. The number of nitrogens with two attached hydrogens (primary N) is 2. The van der Waals surface area contributed by atoms with Gasteiger partial charge in [-0.25, -0.2) is 24.9 Å². The lowest BCUT2D eigenvalue weighted by Gasteiger charge is -2.02. The Labute approximate surface area is 413 Å². The molecule has 12 aromatic rings. The van der Waals surface area contributed by atoms with Crippen LogP contribution in [-0.4, -0.2) is 50.9 Å². The molecule has 0 fully saturated rings. The summed E-state index contributed by atoms with van der Waals surface area (Å²) in [6, 6.07) is 40.1. The molecule has 0 aliphatic rings. The largest absolute Gasteiger partial charge is 0.399 e. The molecule has 0 aliphatic heterocycles. The van der Waals surface area contributed by atoms with Crippen LogP contribution in [0.2, 0.25) is 0 Å². The molecule has 0 amide bonds. The van der Waals surface area contributed by atoms with Gasteiger partial charge in [0.1, 0.15) is 34.8 Å². The second kappa shape index (κ2) is 17.1. The Bertz CT molecular complexity index is 4250. The lowest BCUT2D eigenvalue weighted by molar-refractivity contribution is 0.481. The highest BCUT2D eigenvalue weighted by atomic mass is 32.2. The van der Waals surface area contributed by atoms with E-state index >= 15 is 0 Å². The molecule has 7 aromatic carbocycles. The zero-order valence-corrected chi connectivity index (χ0v) is 41.6. The van der Waals surface area contributed by atoms with Gasteiger partial charge in [0.25, 0.3) is 20.2 Å². The van der Waals surface area contributed by atoms with Crippen LogP contribution in [0.25, 0.3) is 104 Å². The Kier molecular flexibility index (Phi) is 11.1. The molecule has 0 saturated heterocycles. The number of hydrogen-bond donors (Lipinski definition) is 4. The van der Waals surface area contributed by atoms with Crippen LogP contribution in [0.5, 0.6) is 0 Å². The van der Waals surface area contributed by atoms with Crippen LogP contribution in [0.15, 0.2) is 137 Å². The Morgan fingerprint density at radius 2 is 0.652 bits per heavy atom. The first kappa shape index (κ1) is 44.9. The van der Waals surface area contributed by atoms with E-state index in [0.717, 1.165) is 79.2 Å². The van der Waals surface area contributed by atoms with Gasteiger partial charge in [0, 0.05) is 39.2 Å². The van der Waals surface area contributed by atoms with Crippen LogP contribution in [-0.2, 0) is 20.2 Å². The molecular formula is C49H33N7O6S7. The van der Waals surface area contributed by atoms with Crippen molar-refractivity contribution in [2.75, 3.05) is 11.5 Å². The van der Waals surface area contributed by atoms with Crippen molar-refractivity contribution in [2.24, 2.45) is 0 Å². The van der Waals surface area contributed by atoms with Crippen molar-refractivity contribution >= 4 is 139 Å². The number of aryl methyl sites for hydroxylation is 2. The van der Waals surface area contributed by atoms with Gasteiger partial charge in [-0.05, 0) is 140 Å². The minimum atomic E-state index is -4.37. The lowest BCUT2D eigenvalue weighted by atomic mass is 10.2. The number of hydrogen-bond acceptors (Lipinski definition) is 16. The zero-order chi connectivity index (χ0) is 47.9. The van der Waals surface area contributed by atoms with E-state index in [-0.39, 0.29) is 9.79 Å². The van der Waals surface area contributed by atoms with Crippen LogP contribution in [0.1, 0.15) is 11.1 Å². The molecule has 0 spiro atoms. The van der Waals surface area contributed by atoms with E-state index in [1.807, 2.05) is 97.1 Å². The van der Waals surface area contributed by atoms with E-state index in [1.165, 1.54) is 22.7 Å².